The summed E-state index contributed by atoms with van der Waals surface area (Å²) in [6, 6.07) is 12.3. The zero-order valence-electron chi connectivity index (χ0n) is 16.2. The molecule has 6 nitrogen and oxygen atoms in total. The van der Waals surface area contributed by atoms with Crippen molar-refractivity contribution in [3.05, 3.63) is 59.7 Å². The summed E-state index contributed by atoms with van der Waals surface area (Å²) in [5, 5.41) is 7.21. The molecule has 0 spiro atoms. The Labute approximate surface area is 172 Å². The number of nitrogens with zero attached hydrogens (tertiary/aromatic N) is 5. The number of rotatable bonds is 5. The Kier molecular flexibility index (Phi) is 4.60. The Morgan fingerprint density at radius 1 is 1.21 bits per heavy atom. The third-order valence-corrected chi connectivity index (χ3v) is 6.29. The maximum Gasteiger partial charge on any atom is 0.172 e. The first-order chi connectivity index (χ1) is 14.2. The summed E-state index contributed by atoms with van der Waals surface area (Å²) in [4.78, 5) is 25.9. The molecule has 4 aromatic rings. The van der Waals surface area contributed by atoms with Crippen LogP contribution in [0.25, 0.3) is 21.6 Å². The number of hydrogen-bond donors (Lipinski definition) is 0. The molecular weight excluding hydrogens is 382 g/mol. The molecule has 0 amide bonds. The predicted octanol–water partition coefficient (Wildman–Crippen LogP) is 4.33. The second-order valence-electron chi connectivity index (χ2n) is 7.38. The number of para-hydroxylation sites is 1. The first-order valence-electron chi connectivity index (χ1n) is 9.78. The average molecular weight is 404 g/mol. The van der Waals surface area contributed by atoms with Crippen molar-refractivity contribution in [1.29, 1.82) is 0 Å². The van der Waals surface area contributed by atoms with Crippen LogP contribution in [0.15, 0.2) is 54.2 Å². The molecule has 29 heavy (non-hydrogen) atoms. The van der Waals surface area contributed by atoms with Crippen molar-refractivity contribution in [1.82, 2.24) is 19.7 Å². The third-order valence-electron chi connectivity index (χ3n) is 5.42. The molecule has 146 valence electrons. The maximum atomic E-state index is 12.8. The Balaban J connectivity index is 1.52. The van der Waals surface area contributed by atoms with E-state index in [0.717, 1.165) is 46.8 Å². The Morgan fingerprint density at radius 2 is 2.10 bits per heavy atom. The second kappa shape index (κ2) is 7.40. The molecule has 0 N–H and O–H groups in total. The standard InChI is InChI=1S/C22H21N5OS/c1-26-14-15(13-23-26)19(28)12-16-6-4-10-27(16)22-17-7-2-3-8-18(17)24-21(25-22)20-9-5-11-29-20/h2-3,5,7-9,11,13-14,16H,4,6,10,12H2,1H3/t16-/m1/s1. The minimum absolute atomic E-state index is 0.131. The van der Waals surface area contributed by atoms with E-state index in [-0.39, 0.29) is 11.8 Å². The van der Waals surface area contributed by atoms with Crippen LogP contribution in [-0.4, -0.2) is 38.1 Å². The van der Waals surface area contributed by atoms with Crippen molar-refractivity contribution in [3.8, 4) is 10.7 Å². The Bertz CT molecular complexity index is 1170. The van der Waals surface area contributed by atoms with E-state index in [9.17, 15) is 4.79 Å². The average Bonchev–Trinajstić information content (AvgIpc) is 3.49. The predicted molar refractivity (Wildman–Crippen MR) is 115 cm³/mol. The molecule has 1 atom stereocenters. The van der Waals surface area contributed by atoms with Gasteiger partial charge in [-0.15, -0.1) is 11.3 Å². The second-order valence-corrected chi connectivity index (χ2v) is 8.33. The normalized spacial score (nSPS) is 16.6. The van der Waals surface area contributed by atoms with Crippen molar-refractivity contribution in [2.45, 2.75) is 25.3 Å². The van der Waals surface area contributed by atoms with Gasteiger partial charge >= 0.3 is 0 Å². The van der Waals surface area contributed by atoms with Gasteiger partial charge in [-0.1, -0.05) is 18.2 Å². The summed E-state index contributed by atoms with van der Waals surface area (Å²) in [5.41, 5.74) is 1.61. The maximum absolute atomic E-state index is 12.8. The number of anilines is 1. The molecule has 1 aliphatic heterocycles. The molecule has 0 aliphatic carbocycles. The topological polar surface area (TPSA) is 63.9 Å². The van der Waals surface area contributed by atoms with E-state index in [1.165, 1.54) is 0 Å². The first-order valence-corrected chi connectivity index (χ1v) is 10.7. The van der Waals surface area contributed by atoms with Crippen molar-refractivity contribution < 1.29 is 4.79 Å². The number of aromatic nitrogens is 4. The zero-order valence-corrected chi connectivity index (χ0v) is 17.0. The fraction of sp³-hybridized carbons (Fsp3) is 0.273. The number of thiophene rings is 1. The molecule has 1 aromatic carbocycles. The van der Waals surface area contributed by atoms with Gasteiger partial charge in [-0.05, 0) is 36.4 Å². The van der Waals surface area contributed by atoms with Crippen molar-refractivity contribution in [2.75, 3.05) is 11.4 Å². The summed E-state index contributed by atoms with van der Waals surface area (Å²) >= 11 is 1.64. The van der Waals surface area contributed by atoms with Crippen LogP contribution in [0, 0.1) is 0 Å². The number of aryl methyl sites for hydroxylation is 1. The van der Waals surface area contributed by atoms with Crippen LogP contribution in [0.2, 0.25) is 0 Å². The quantitative estimate of drug-likeness (QED) is 0.464. The fourth-order valence-corrected chi connectivity index (χ4v) is 4.68. The van der Waals surface area contributed by atoms with Gasteiger partial charge in [0.05, 0.1) is 22.2 Å². The third kappa shape index (κ3) is 3.42. The van der Waals surface area contributed by atoms with Crippen LogP contribution in [0.5, 0.6) is 0 Å². The lowest BCUT2D eigenvalue weighted by molar-refractivity contribution is 0.0974. The highest BCUT2D eigenvalue weighted by Gasteiger charge is 2.30. The van der Waals surface area contributed by atoms with Crippen LogP contribution in [-0.2, 0) is 7.05 Å². The van der Waals surface area contributed by atoms with E-state index in [1.54, 1.807) is 28.4 Å². The van der Waals surface area contributed by atoms with Gasteiger partial charge in [-0.2, -0.15) is 5.10 Å². The van der Waals surface area contributed by atoms with Gasteiger partial charge in [-0.25, -0.2) is 9.97 Å². The minimum Gasteiger partial charge on any atom is -0.353 e. The van der Waals surface area contributed by atoms with Gasteiger partial charge in [0.1, 0.15) is 5.82 Å². The Hall–Kier alpha value is -3.06. The van der Waals surface area contributed by atoms with Crippen LogP contribution >= 0.6 is 11.3 Å². The van der Waals surface area contributed by atoms with Gasteiger partial charge in [0.25, 0.3) is 0 Å². The molecule has 3 aromatic heterocycles. The number of carbonyl (C=O) groups is 1. The Morgan fingerprint density at radius 3 is 2.90 bits per heavy atom. The summed E-state index contributed by atoms with van der Waals surface area (Å²) in [6.07, 6.45) is 5.95. The van der Waals surface area contributed by atoms with E-state index in [2.05, 4.69) is 16.1 Å². The number of ketones is 1. The minimum atomic E-state index is 0.131. The van der Waals surface area contributed by atoms with E-state index >= 15 is 0 Å². The van der Waals surface area contributed by atoms with E-state index in [0.29, 0.717) is 12.0 Å². The van der Waals surface area contributed by atoms with Gasteiger partial charge in [0.15, 0.2) is 11.6 Å². The van der Waals surface area contributed by atoms with Gasteiger partial charge in [0.2, 0.25) is 0 Å². The van der Waals surface area contributed by atoms with Gasteiger partial charge in [0, 0.05) is 37.6 Å². The number of Topliss-reactive ketones (excluding diaryl/α,β-unsaturated/α-hetero) is 1. The van der Waals surface area contributed by atoms with Crippen LogP contribution in [0.1, 0.15) is 29.6 Å². The number of fused-ring (bicyclic) bond motifs is 1. The summed E-state index contributed by atoms with van der Waals surface area (Å²) in [6.45, 7) is 0.899. The van der Waals surface area contributed by atoms with Gasteiger partial charge in [-0.3, -0.25) is 9.48 Å². The van der Waals surface area contributed by atoms with Crippen molar-refractivity contribution in [2.24, 2.45) is 7.05 Å². The zero-order chi connectivity index (χ0) is 19.8. The molecule has 1 fully saturated rings. The van der Waals surface area contributed by atoms with E-state index < -0.39 is 0 Å². The number of benzene rings is 1. The fourth-order valence-electron chi connectivity index (χ4n) is 4.02. The summed E-state index contributed by atoms with van der Waals surface area (Å²) < 4.78 is 1.67. The van der Waals surface area contributed by atoms with Crippen LogP contribution in [0.3, 0.4) is 0 Å². The molecule has 5 rings (SSSR count). The number of carbonyl (C=O) groups excluding carboxylic acids is 1. The summed E-state index contributed by atoms with van der Waals surface area (Å²) in [5.74, 6) is 1.81. The molecule has 0 unspecified atom stereocenters. The lowest BCUT2D eigenvalue weighted by Crippen LogP contribution is -2.32. The monoisotopic (exact) mass is 403 g/mol. The largest absolute Gasteiger partial charge is 0.353 e. The molecule has 0 radical (unpaired) electrons. The number of hydrogen-bond acceptors (Lipinski definition) is 6. The molecule has 0 bridgehead atoms. The molecular formula is C22H21N5OS. The first kappa shape index (κ1) is 18.0. The lowest BCUT2D eigenvalue weighted by Gasteiger charge is -2.26. The molecule has 7 heteroatoms. The van der Waals surface area contributed by atoms with E-state index in [1.807, 2.05) is 42.8 Å². The van der Waals surface area contributed by atoms with Gasteiger partial charge < -0.3 is 4.90 Å². The lowest BCUT2D eigenvalue weighted by atomic mass is 10.0. The van der Waals surface area contributed by atoms with Crippen molar-refractivity contribution >= 4 is 33.8 Å². The highest BCUT2D eigenvalue weighted by molar-refractivity contribution is 7.13. The SMILES string of the molecule is Cn1cc(C(=O)C[C@H]2CCCN2c2nc(-c3cccs3)nc3ccccc23)cn1. The highest BCUT2D eigenvalue weighted by Crippen LogP contribution is 2.34. The van der Waals surface area contributed by atoms with E-state index in [4.69, 9.17) is 9.97 Å². The van der Waals surface area contributed by atoms with Crippen molar-refractivity contribution in [3.63, 3.8) is 0 Å². The molecule has 1 aliphatic rings. The molecule has 4 heterocycles. The highest BCUT2D eigenvalue weighted by atomic mass is 32.1. The summed E-state index contributed by atoms with van der Waals surface area (Å²) in [7, 11) is 1.83. The van der Waals surface area contributed by atoms with Crippen LogP contribution in [0.4, 0.5) is 5.82 Å². The molecule has 1 saturated heterocycles. The van der Waals surface area contributed by atoms with Crippen LogP contribution < -0.4 is 4.90 Å². The smallest absolute Gasteiger partial charge is 0.172 e. The molecule has 0 saturated carbocycles.